The summed E-state index contributed by atoms with van der Waals surface area (Å²) in [5.74, 6) is -0.157. The first-order valence-electron chi connectivity index (χ1n) is 5.70. The predicted octanol–water partition coefficient (Wildman–Crippen LogP) is 2.98. The second-order valence-corrected chi connectivity index (χ2v) is 4.02. The van der Waals surface area contributed by atoms with E-state index >= 15 is 0 Å². The third kappa shape index (κ3) is 3.07. The van der Waals surface area contributed by atoms with Crippen molar-refractivity contribution in [3.05, 3.63) is 29.3 Å². The number of methoxy groups -OCH3 is 1. The Hall–Kier alpha value is -1.82. The molecule has 90 valence electrons. The smallest absolute Gasteiger partial charge is 0.154 e. The molecule has 3 nitrogen and oxygen atoms in total. The minimum absolute atomic E-state index is 0.0427. The lowest BCUT2D eigenvalue weighted by molar-refractivity contribution is -0.119. The van der Waals surface area contributed by atoms with Gasteiger partial charge in [0.1, 0.15) is 11.7 Å². The molecule has 0 aromatic heterocycles. The highest BCUT2D eigenvalue weighted by atomic mass is 16.5. The van der Waals surface area contributed by atoms with E-state index in [2.05, 4.69) is 6.07 Å². The van der Waals surface area contributed by atoms with Gasteiger partial charge in [0.05, 0.1) is 13.2 Å². The molecule has 0 fully saturated rings. The fourth-order valence-corrected chi connectivity index (χ4v) is 1.79. The van der Waals surface area contributed by atoms with Crippen LogP contribution < -0.4 is 4.74 Å². The van der Waals surface area contributed by atoms with Crippen LogP contribution in [0, 0.1) is 18.3 Å². The summed E-state index contributed by atoms with van der Waals surface area (Å²) in [6.07, 6.45) is 1.18. The van der Waals surface area contributed by atoms with Gasteiger partial charge in [-0.1, -0.05) is 24.6 Å². The highest BCUT2D eigenvalue weighted by Gasteiger charge is 2.22. The molecule has 17 heavy (non-hydrogen) atoms. The van der Waals surface area contributed by atoms with Crippen LogP contribution in [0.4, 0.5) is 0 Å². The van der Waals surface area contributed by atoms with Crippen molar-refractivity contribution in [3.63, 3.8) is 0 Å². The molecule has 0 aliphatic rings. The molecular formula is C14H17NO2. The van der Waals surface area contributed by atoms with Crippen molar-refractivity contribution in [2.45, 2.75) is 32.6 Å². The predicted molar refractivity (Wildman–Crippen MR) is 66.0 cm³/mol. The van der Waals surface area contributed by atoms with Crippen molar-refractivity contribution in [2.75, 3.05) is 7.11 Å². The molecule has 1 aromatic carbocycles. The Kier molecular flexibility index (Phi) is 4.71. The van der Waals surface area contributed by atoms with Crippen molar-refractivity contribution in [1.82, 2.24) is 0 Å². The molecule has 1 atom stereocenters. The zero-order valence-electron chi connectivity index (χ0n) is 10.5. The van der Waals surface area contributed by atoms with E-state index in [0.29, 0.717) is 17.7 Å². The number of benzene rings is 1. The third-order valence-corrected chi connectivity index (χ3v) is 2.64. The monoisotopic (exact) mass is 231 g/mol. The van der Waals surface area contributed by atoms with E-state index in [0.717, 1.165) is 12.0 Å². The van der Waals surface area contributed by atoms with Gasteiger partial charge in [-0.2, -0.15) is 5.26 Å². The molecular weight excluding hydrogens is 214 g/mol. The summed E-state index contributed by atoms with van der Waals surface area (Å²) in [6.45, 7) is 3.86. The van der Waals surface area contributed by atoms with Gasteiger partial charge in [0.15, 0.2) is 5.78 Å². The van der Waals surface area contributed by atoms with Gasteiger partial charge in [0, 0.05) is 12.0 Å². The molecule has 0 aliphatic carbocycles. The van der Waals surface area contributed by atoms with E-state index in [1.54, 1.807) is 13.2 Å². The third-order valence-electron chi connectivity index (χ3n) is 2.64. The number of carbonyl (C=O) groups is 1. The Morgan fingerprint density at radius 1 is 1.53 bits per heavy atom. The Morgan fingerprint density at radius 3 is 2.76 bits per heavy atom. The average molecular weight is 231 g/mol. The molecule has 0 radical (unpaired) electrons. The maximum absolute atomic E-state index is 11.9. The number of ether oxygens (including phenoxy) is 1. The van der Waals surface area contributed by atoms with Gasteiger partial charge in [0.2, 0.25) is 0 Å². The van der Waals surface area contributed by atoms with E-state index in [4.69, 9.17) is 10.00 Å². The number of rotatable bonds is 5. The topological polar surface area (TPSA) is 50.1 Å². The lowest BCUT2D eigenvalue weighted by Gasteiger charge is -2.13. The lowest BCUT2D eigenvalue weighted by atomic mass is 9.92. The molecule has 0 amide bonds. The van der Waals surface area contributed by atoms with E-state index in [9.17, 15) is 4.79 Å². The fourth-order valence-electron chi connectivity index (χ4n) is 1.79. The number of hydrogen-bond acceptors (Lipinski definition) is 3. The van der Waals surface area contributed by atoms with Crippen molar-refractivity contribution in [1.29, 1.82) is 5.26 Å². The quantitative estimate of drug-likeness (QED) is 0.782. The first-order valence-corrected chi connectivity index (χ1v) is 5.70. The van der Waals surface area contributed by atoms with Crippen LogP contribution in [0.15, 0.2) is 18.2 Å². The molecule has 0 bridgehead atoms. The van der Waals surface area contributed by atoms with Crippen LogP contribution in [0.3, 0.4) is 0 Å². The first kappa shape index (κ1) is 13.2. The number of Topliss-reactive ketones (excluding diaryl/α,β-unsaturated/α-hetero) is 1. The number of ketones is 1. The van der Waals surface area contributed by atoms with Crippen LogP contribution in [0.1, 0.15) is 36.8 Å². The van der Waals surface area contributed by atoms with Gasteiger partial charge in [-0.05, 0) is 19.4 Å². The van der Waals surface area contributed by atoms with Gasteiger partial charge in [-0.25, -0.2) is 0 Å². The van der Waals surface area contributed by atoms with Crippen LogP contribution in [0.5, 0.6) is 5.75 Å². The van der Waals surface area contributed by atoms with Crippen molar-refractivity contribution in [3.8, 4) is 11.8 Å². The number of nitriles is 1. The normalized spacial score (nSPS) is 11.6. The van der Waals surface area contributed by atoms with Crippen LogP contribution in [-0.4, -0.2) is 12.9 Å². The summed E-state index contributed by atoms with van der Waals surface area (Å²) in [4.78, 5) is 11.9. The standard InChI is InChI=1S/C14H17NO2/c1-4-5-13(16)12(9-15)11-8-10(2)6-7-14(11)17-3/h6-8,12H,4-5H2,1-3H3. The zero-order valence-corrected chi connectivity index (χ0v) is 10.5. The number of carbonyl (C=O) groups excluding carboxylic acids is 1. The summed E-state index contributed by atoms with van der Waals surface area (Å²) in [5.41, 5.74) is 1.69. The Bertz CT molecular complexity index is 446. The highest BCUT2D eigenvalue weighted by molar-refractivity contribution is 5.89. The summed E-state index contributed by atoms with van der Waals surface area (Å²) >= 11 is 0. The van der Waals surface area contributed by atoms with Crippen molar-refractivity contribution >= 4 is 5.78 Å². The van der Waals surface area contributed by atoms with Crippen LogP contribution in [0.2, 0.25) is 0 Å². The molecule has 1 rings (SSSR count). The molecule has 3 heteroatoms. The summed E-state index contributed by atoms with van der Waals surface area (Å²) < 4.78 is 5.21. The fraction of sp³-hybridized carbons (Fsp3) is 0.429. The minimum Gasteiger partial charge on any atom is -0.496 e. The van der Waals surface area contributed by atoms with Crippen LogP contribution >= 0.6 is 0 Å². The van der Waals surface area contributed by atoms with Gasteiger partial charge < -0.3 is 4.74 Å². The molecule has 1 aromatic rings. The SMILES string of the molecule is CCCC(=O)C(C#N)c1cc(C)ccc1OC. The average Bonchev–Trinajstić information content (AvgIpc) is 2.31. The molecule has 0 heterocycles. The molecule has 0 aliphatic heterocycles. The molecule has 1 unspecified atom stereocenters. The van der Waals surface area contributed by atoms with Gasteiger partial charge in [0.25, 0.3) is 0 Å². The first-order chi connectivity index (χ1) is 8.13. The second-order valence-electron chi connectivity index (χ2n) is 4.02. The Balaban J connectivity index is 3.15. The molecule has 0 saturated carbocycles. The Morgan fingerprint density at radius 2 is 2.24 bits per heavy atom. The van der Waals surface area contributed by atoms with Crippen molar-refractivity contribution < 1.29 is 9.53 Å². The summed E-state index contributed by atoms with van der Waals surface area (Å²) in [5, 5.41) is 9.16. The molecule has 0 saturated heterocycles. The maximum atomic E-state index is 11.9. The highest BCUT2D eigenvalue weighted by Crippen LogP contribution is 2.29. The van der Waals surface area contributed by atoms with Gasteiger partial charge in [-0.3, -0.25) is 4.79 Å². The second kappa shape index (κ2) is 6.05. The molecule has 0 N–H and O–H groups in total. The van der Waals surface area contributed by atoms with Crippen molar-refractivity contribution in [2.24, 2.45) is 0 Å². The minimum atomic E-state index is -0.718. The number of hydrogen-bond donors (Lipinski definition) is 0. The lowest BCUT2D eigenvalue weighted by Crippen LogP contribution is -2.11. The van der Waals surface area contributed by atoms with E-state index in [-0.39, 0.29) is 5.78 Å². The largest absolute Gasteiger partial charge is 0.496 e. The van der Waals surface area contributed by atoms with E-state index < -0.39 is 5.92 Å². The zero-order chi connectivity index (χ0) is 12.8. The van der Waals surface area contributed by atoms with Crippen LogP contribution in [0.25, 0.3) is 0 Å². The molecule has 0 spiro atoms. The van der Waals surface area contributed by atoms with Gasteiger partial charge in [-0.15, -0.1) is 0 Å². The summed E-state index contributed by atoms with van der Waals surface area (Å²) in [7, 11) is 1.55. The maximum Gasteiger partial charge on any atom is 0.154 e. The number of nitrogens with zero attached hydrogens (tertiary/aromatic N) is 1. The van der Waals surface area contributed by atoms with Crippen LogP contribution in [-0.2, 0) is 4.79 Å². The van der Waals surface area contributed by atoms with E-state index in [1.807, 2.05) is 26.0 Å². The summed E-state index contributed by atoms with van der Waals surface area (Å²) in [6, 6.07) is 7.63. The van der Waals surface area contributed by atoms with Gasteiger partial charge >= 0.3 is 0 Å². The number of aryl methyl sites for hydroxylation is 1. The Labute approximate surface area is 102 Å². The van der Waals surface area contributed by atoms with E-state index in [1.165, 1.54) is 0 Å².